The monoisotopic (exact) mass is 221 g/mol. The minimum atomic E-state index is 0.517. The molecule has 0 unspecified atom stereocenters. The van der Waals surface area contributed by atoms with Crippen molar-refractivity contribution in [3.63, 3.8) is 0 Å². The Morgan fingerprint density at radius 2 is 2.27 bits per heavy atom. The van der Waals surface area contributed by atoms with Crippen LogP contribution < -0.4 is 0 Å². The first-order valence-electron chi connectivity index (χ1n) is 5.09. The fraction of sp³-hybridized carbons (Fsp3) is 0.455. The summed E-state index contributed by atoms with van der Waals surface area (Å²) in [6.07, 6.45) is 1.99. The van der Waals surface area contributed by atoms with Crippen molar-refractivity contribution >= 4 is 11.3 Å². The van der Waals surface area contributed by atoms with Crippen LogP contribution in [0.2, 0.25) is 0 Å². The van der Waals surface area contributed by atoms with E-state index in [1.165, 1.54) is 5.01 Å². The van der Waals surface area contributed by atoms with Gasteiger partial charge in [0.25, 0.3) is 0 Å². The van der Waals surface area contributed by atoms with Gasteiger partial charge in [0.15, 0.2) is 0 Å². The Labute approximate surface area is 93.8 Å². The summed E-state index contributed by atoms with van der Waals surface area (Å²) in [7, 11) is 0. The second-order valence-electron chi connectivity index (χ2n) is 3.99. The van der Waals surface area contributed by atoms with E-state index in [4.69, 9.17) is 0 Å². The van der Waals surface area contributed by atoms with E-state index >= 15 is 0 Å². The van der Waals surface area contributed by atoms with Gasteiger partial charge in [0.05, 0.1) is 22.9 Å². The first kappa shape index (κ1) is 10.4. The van der Waals surface area contributed by atoms with Crippen LogP contribution >= 0.6 is 11.3 Å². The molecule has 0 aliphatic carbocycles. The van der Waals surface area contributed by atoms with Crippen molar-refractivity contribution < 1.29 is 0 Å². The number of rotatable bonds is 3. The van der Waals surface area contributed by atoms with E-state index in [2.05, 4.69) is 29.3 Å². The molecule has 0 saturated heterocycles. The predicted molar refractivity (Wildman–Crippen MR) is 62.3 cm³/mol. The van der Waals surface area contributed by atoms with Crippen molar-refractivity contribution in [2.75, 3.05) is 0 Å². The van der Waals surface area contributed by atoms with Crippen molar-refractivity contribution in [3.8, 4) is 0 Å². The van der Waals surface area contributed by atoms with Gasteiger partial charge in [-0.1, -0.05) is 13.8 Å². The Morgan fingerprint density at radius 3 is 2.80 bits per heavy atom. The second-order valence-corrected chi connectivity index (χ2v) is 4.88. The molecule has 0 saturated carbocycles. The largest absolute Gasteiger partial charge is 0.266 e. The van der Waals surface area contributed by atoms with Gasteiger partial charge >= 0.3 is 0 Å². The van der Waals surface area contributed by atoms with Gasteiger partial charge in [-0.25, -0.2) is 4.98 Å². The van der Waals surface area contributed by atoms with Gasteiger partial charge in [-0.15, -0.1) is 11.3 Å². The van der Waals surface area contributed by atoms with Gasteiger partial charge in [-0.05, 0) is 13.0 Å². The Morgan fingerprint density at radius 1 is 1.47 bits per heavy atom. The van der Waals surface area contributed by atoms with E-state index in [9.17, 15) is 0 Å². The summed E-state index contributed by atoms with van der Waals surface area (Å²) >= 11 is 1.73. The molecule has 0 bridgehead atoms. The molecule has 15 heavy (non-hydrogen) atoms. The maximum atomic E-state index is 4.57. The van der Waals surface area contributed by atoms with E-state index in [-0.39, 0.29) is 0 Å². The molecule has 0 radical (unpaired) electrons. The van der Waals surface area contributed by atoms with Crippen molar-refractivity contribution in [2.45, 2.75) is 33.2 Å². The van der Waals surface area contributed by atoms with Crippen LogP contribution in [0.5, 0.6) is 0 Å². The van der Waals surface area contributed by atoms with E-state index in [1.807, 2.05) is 23.9 Å². The number of nitrogens with zero attached hydrogens (tertiary/aromatic N) is 3. The van der Waals surface area contributed by atoms with Gasteiger partial charge in [0, 0.05) is 17.5 Å². The van der Waals surface area contributed by atoms with E-state index in [0.717, 1.165) is 17.9 Å². The molecule has 0 atom stereocenters. The molecule has 2 heterocycles. The highest BCUT2D eigenvalue weighted by Gasteiger charge is 2.06. The number of hydrogen-bond donors (Lipinski definition) is 0. The van der Waals surface area contributed by atoms with Gasteiger partial charge in [-0.2, -0.15) is 5.10 Å². The molecule has 0 N–H and O–H groups in total. The molecule has 80 valence electrons. The van der Waals surface area contributed by atoms with Crippen LogP contribution in [0.4, 0.5) is 0 Å². The van der Waals surface area contributed by atoms with E-state index in [1.54, 1.807) is 11.3 Å². The Kier molecular flexibility index (Phi) is 2.86. The number of aryl methyl sites for hydroxylation is 1. The lowest BCUT2D eigenvalue weighted by molar-refractivity contribution is 0.665. The van der Waals surface area contributed by atoms with Crippen LogP contribution in [0.1, 0.15) is 36.2 Å². The van der Waals surface area contributed by atoms with Crippen molar-refractivity contribution in [3.05, 3.63) is 34.0 Å². The second kappa shape index (κ2) is 4.14. The molecule has 0 aliphatic rings. The van der Waals surface area contributed by atoms with Crippen LogP contribution in [0, 0.1) is 6.92 Å². The van der Waals surface area contributed by atoms with Gasteiger partial charge in [0.1, 0.15) is 0 Å². The highest BCUT2D eigenvalue weighted by molar-refractivity contribution is 7.09. The van der Waals surface area contributed by atoms with Crippen molar-refractivity contribution in [1.29, 1.82) is 0 Å². The maximum absolute atomic E-state index is 4.57. The van der Waals surface area contributed by atoms with Crippen molar-refractivity contribution in [2.24, 2.45) is 0 Å². The smallest absolute Gasteiger partial charge is 0.0954 e. The van der Waals surface area contributed by atoms with Crippen LogP contribution in [-0.4, -0.2) is 14.8 Å². The third kappa shape index (κ3) is 2.45. The average molecular weight is 221 g/mol. The summed E-state index contributed by atoms with van der Waals surface area (Å²) in [4.78, 5) is 4.57. The quantitative estimate of drug-likeness (QED) is 0.798. The van der Waals surface area contributed by atoms with Crippen LogP contribution in [0.3, 0.4) is 0 Å². The van der Waals surface area contributed by atoms with Crippen LogP contribution in [-0.2, 0) is 6.54 Å². The lowest BCUT2D eigenvalue weighted by Gasteiger charge is -1.98. The SMILES string of the molecule is Cc1ccn(Cc2csc(C(C)C)n2)n1. The fourth-order valence-corrected chi connectivity index (χ4v) is 2.20. The Hall–Kier alpha value is -1.16. The number of thiazole rings is 1. The minimum Gasteiger partial charge on any atom is -0.266 e. The van der Waals surface area contributed by atoms with Gasteiger partial charge in [-0.3, -0.25) is 4.68 Å². The lowest BCUT2D eigenvalue weighted by atomic mass is 10.2. The molecule has 2 rings (SSSR count). The van der Waals surface area contributed by atoms with E-state index in [0.29, 0.717) is 5.92 Å². The molecular weight excluding hydrogens is 206 g/mol. The van der Waals surface area contributed by atoms with Gasteiger partial charge < -0.3 is 0 Å². The topological polar surface area (TPSA) is 30.7 Å². The van der Waals surface area contributed by atoms with Crippen LogP contribution in [0.25, 0.3) is 0 Å². The first-order valence-corrected chi connectivity index (χ1v) is 5.97. The molecule has 2 aromatic heterocycles. The van der Waals surface area contributed by atoms with Gasteiger partial charge in [0.2, 0.25) is 0 Å². The standard InChI is InChI=1S/C11H15N3S/c1-8(2)11-12-10(7-15-11)6-14-5-4-9(3)13-14/h4-5,7-8H,6H2,1-3H3. The molecule has 3 nitrogen and oxygen atoms in total. The van der Waals surface area contributed by atoms with Crippen molar-refractivity contribution in [1.82, 2.24) is 14.8 Å². The number of hydrogen-bond acceptors (Lipinski definition) is 3. The molecule has 0 fully saturated rings. The summed E-state index contributed by atoms with van der Waals surface area (Å²) in [6, 6.07) is 2.01. The maximum Gasteiger partial charge on any atom is 0.0954 e. The summed E-state index contributed by atoms with van der Waals surface area (Å²) in [5.74, 6) is 0.517. The summed E-state index contributed by atoms with van der Waals surface area (Å²) in [5, 5.41) is 7.66. The lowest BCUT2D eigenvalue weighted by Crippen LogP contribution is -2.01. The third-order valence-electron chi connectivity index (χ3n) is 2.16. The zero-order chi connectivity index (χ0) is 10.8. The molecule has 0 amide bonds. The minimum absolute atomic E-state index is 0.517. The summed E-state index contributed by atoms with van der Waals surface area (Å²) in [6.45, 7) is 7.11. The Balaban J connectivity index is 2.11. The third-order valence-corrected chi connectivity index (χ3v) is 3.36. The molecule has 0 spiro atoms. The zero-order valence-corrected chi connectivity index (χ0v) is 10.1. The highest BCUT2D eigenvalue weighted by atomic mass is 32.1. The molecule has 0 aliphatic heterocycles. The highest BCUT2D eigenvalue weighted by Crippen LogP contribution is 2.19. The average Bonchev–Trinajstić information content (AvgIpc) is 2.76. The van der Waals surface area contributed by atoms with Crippen LogP contribution in [0.15, 0.2) is 17.6 Å². The summed E-state index contributed by atoms with van der Waals surface area (Å²) in [5.41, 5.74) is 2.15. The molecule has 4 heteroatoms. The fourth-order valence-electron chi connectivity index (χ4n) is 1.38. The Bertz CT molecular complexity index is 442. The number of aromatic nitrogens is 3. The molecular formula is C11H15N3S. The predicted octanol–water partition coefficient (Wildman–Crippen LogP) is 2.82. The summed E-state index contributed by atoms with van der Waals surface area (Å²) < 4.78 is 1.93. The van der Waals surface area contributed by atoms with E-state index < -0.39 is 0 Å². The molecule has 2 aromatic rings. The zero-order valence-electron chi connectivity index (χ0n) is 9.27. The molecule has 0 aromatic carbocycles. The first-order chi connectivity index (χ1) is 7.15. The normalized spacial score (nSPS) is 11.2.